The van der Waals surface area contributed by atoms with Gasteiger partial charge < -0.3 is 10.1 Å². The molecule has 2 aromatic rings. The van der Waals surface area contributed by atoms with Crippen molar-refractivity contribution in [2.45, 2.75) is 13.5 Å². The van der Waals surface area contributed by atoms with E-state index in [0.29, 0.717) is 0 Å². The van der Waals surface area contributed by atoms with Gasteiger partial charge in [-0.3, -0.25) is 0 Å². The van der Waals surface area contributed by atoms with Crippen LogP contribution < -0.4 is 10.1 Å². The molecular weight excluding hydrogens is 258 g/mol. The van der Waals surface area contributed by atoms with Crippen LogP contribution in [0.4, 0.5) is 0 Å². The van der Waals surface area contributed by atoms with Crippen LogP contribution in [0, 0.1) is 0 Å². The predicted octanol–water partition coefficient (Wildman–Crippen LogP) is 4.13. The zero-order valence-corrected chi connectivity index (χ0v) is 12.0. The Labute approximate surface area is 119 Å². The summed E-state index contributed by atoms with van der Waals surface area (Å²) in [4.78, 5) is 0. The van der Waals surface area contributed by atoms with E-state index in [1.54, 1.807) is 7.11 Å². The second-order valence-corrected chi connectivity index (χ2v) is 4.75. The molecule has 0 atom stereocenters. The van der Waals surface area contributed by atoms with Crippen LogP contribution in [0.1, 0.15) is 12.5 Å². The maximum atomic E-state index is 6.11. The molecule has 1 N–H and O–H groups in total. The third kappa shape index (κ3) is 3.49. The number of methoxy groups -OCH3 is 1. The largest absolute Gasteiger partial charge is 0.497 e. The van der Waals surface area contributed by atoms with Crippen molar-refractivity contribution in [3.8, 4) is 16.9 Å². The number of ether oxygens (including phenoxy) is 1. The minimum Gasteiger partial charge on any atom is -0.497 e. The van der Waals surface area contributed by atoms with Crippen LogP contribution in [-0.2, 0) is 6.54 Å². The van der Waals surface area contributed by atoms with Crippen molar-refractivity contribution in [1.29, 1.82) is 0 Å². The highest BCUT2D eigenvalue weighted by Crippen LogP contribution is 2.28. The van der Waals surface area contributed by atoms with Gasteiger partial charge in [-0.2, -0.15) is 0 Å². The first kappa shape index (κ1) is 13.9. The number of nitrogens with one attached hydrogen (secondary N) is 1. The molecule has 0 aliphatic rings. The van der Waals surface area contributed by atoms with Gasteiger partial charge in [-0.1, -0.05) is 36.7 Å². The van der Waals surface area contributed by atoms with E-state index < -0.39 is 0 Å². The standard InChI is InChI=1S/C16H18ClNO/c1-3-18-11-13-4-7-14(17)10-16(13)12-5-8-15(19-2)9-6-12/h4-10,18H,3,11H2,1-2H3. The monoisotopic (exact) mass is 275 g/mol. The van der Waals surface area contributed by atoms with Gasteiger partial charge in [0.1, 0.15) is 5.75 Å². The fourth-order valence-electron chi connectivity index (χ4n) is 2.00. The highest BCUT2D eigenvalue weighted by Gasteiger charge is 2.06. The molecular formula is C16H18ClNO. The summed E-state index contributed by atoms with van der Waals surface area (Å²) in [6, 6.07) is 14.1. The summed E-state index contributed by atoms with van der Waals surface area (Å²) in [7, 11) is 1.67. The number of hydrogen-bond acceptors (Lipinski definition) is 2. The molecule has 0 spiro atoms. The minimum atomic E-state index is 0.756. The Kier molecular flexibility index (Phi) is 4.83. The van der Waals surface area contributed by atoms with Crippen molar-refractivity contribution in [2.75, 3.05) is 13.7 Å². The van der Waals surface area contributed by atoms with Crippen LogP contribution in [0.2, 0.25) is 5.02 Å². The molecule has 3 heteroatoms. The summed E-state index contributed by atoms with van der Waals surface area (Å²) < 4.78 is 5.19. The van der Waals surface area contributed by atoms with Crippen LogP contribution in [0.15, 0.2) is 42.5 Å². The van der Waals surface area contributed by atoms with Crippen molar-refractivity contribution in [3.05, 3.63) is 53.1 Å². The molecule has 0 heterocycles. The zero-order valence-electron chi connectivity index (χ0n) is 11.2. The molecule has 2 rings (SSSR count). The molecule has 19 heavy (non-hydrogen) atoms. The second kappa shape index (κ2) is 6.60. The number of rotatable bonds is 5. The average molecular weight is 276 g/mol. The molecule has 0 unspecified atom stereocenters. The molecule has 100 valence electrons. The average Bonchev–Trinajstić information content (AvgIpc) is 2.46. The predicted molar refractivity (Wildman–Crippen MR) is 80.8 cm³/mol. The first-order valence-electron chi connectivity index (χ1n) is 6.38. The first-order chi connectivity index (χ1) is 9.24. The van der Waals surface area contributed by atoms with Gasteiger partial charge in [0.15, 0.2) is 0 Å². The van der Waals surface area contributed by atoms with E-state index in [-0.39, 0.29) is 0 Å². The summed E-state index contributed by atoms with van der Waals surface area (Å²) in [5, 5.41) is 4.10. The van der Waals surface area contributed by atoms with Crippen molar-refractivity contribution in [2.24, 2.45) is 0 Å². The fraction of sp³-hybridized carbons (Fsp3) is 0.250. The molecule has 0 bridgehead atoms. The van der Waals surface area contributed by atoms with Gasteiger partial charge in [0.2, 0.25) is 0 Å². The normalized spacial score (nSPS) is 10.5. The van der Waals surface area contributed by atoms with Crippen LogP contribution in [0.5, 0.6) is 5.75 Å². The Morgan fingerprint density at radius 1 is 1.11 bits per heavy atom. The molecule has 2 aromatic carbocycles. The molecule has 2 nitrogen and oxygen atoms in total. The lowest BCUT2D eigenvalue weighted by Gasteiger charge is -2.11. The van der Waals surface area contributed by atoms with Gasteiger partial charge in [-0.05, 0) is 47.5 Å². The SMILES string of the molecule is CCNCc1ccc(Cl)cc1-c1ccc(OC)cc1. The smallest absolute Gasteiger partial charge is 0.118 e. The molecule has 0 saturated carbocycles. The van der Waals surface area contributed by atoms with Gasteiger partial charge in [-0.25, -0.2) is 0 Å². The van der Waals surface area contributed by atoms with Crippen molar-refractivity contribution in [1.82, 2.24) is 5.32 Å². The number of hydrogen-bond donors (Lipinski definition) is 1. The maximum Gasteiger partial charge on any atom is 0.118 e. The lowest BCUT2D eigenvalue weighted by molar-refractivity contribution is 0.415. The van der Waals surface area contributed by atoms with Gasteiger partial charge in [0, 0.05) is 11.6 Å². The third-order valence-electron chi connectivity index (χ3n) is 3.04. The lowest BCUT2D eigenvalue weighted by Crippen LogP contribution is -2.12. The topological polar surface area (TPSA) is 21.3 Å². The summed E-state index contributed by atoms with van der Waals surface area (Å²) in [6.45, 7) is 3.89. The highest BCUT2D eigenvalue weighted by atomic mass is 35.5. The third-order valence-corrected chi connectivity index (χ3v) is 3.27. The van der Waals surface area contributed by atoms with E-state index >= 15 is 0 Å². The van der Waals surface area contributed by atoms with Crippen molar-refractivity contribution < 1.29 is 4.74 Å². The molecule has 0 aromatic heterocycles. The van der Waals surface area contributed by atoms with E-state index in [1.165, 1.54) is 5.56 Å². The zero-order chi connectivity index (χ0) is 13.7. The molecule has 0 saturated heterocycles. The summed E-state index contributed by atoms with van der Waals surface area (Å²) >= 11 is 6.11. The van der Waals surface area contributed by atoms with Gasteiger partial charge in [0.05, 0.1) is 7.11 Å². The van der Waals surface area contributed by atoms with E-state index in [0.717, 1.165) is 35.0 Å². The molecule has 0 aliphatic heterocycles. The lowest BCUT2D eigenvalue weighted by atomic mass is 9.99. The Balaban J connectivity index is 2.37. The second-order valence-electron chi connectivity index (χ2n) is 4.31. The Morgan fingerprint density at radius 2 is 1.84 bits per heavy atom. The van der Waals surface area contributed by atoms with E-state index in [1.807, 2.05) is 24.3 Å². The molecule has 0 amide bonds. The van der Waals surface area contributed by atoms with Gasteiger partial charge >= 0.3 is 0 Å². The molecule has 0 fully saturated rings. The van der Waals surface area contributed by atoms with Crippen molar-refractivity contribution >= 4 is 11.6 Å². The van der Waals surface area contributed by atoms with Crippen molar-refractivity contribution in [3.63, 3.8) is 0 Å². The maximum absolute atomic E-state index is 6.11. The van der Waals surface area contributed by atoms with Gasteiger partial charge in [0.25, 0.3) is 0 Å². The summed E-state index contributed by atoms with van der Waals surface area (Å²) in [6.07, 6.45) is 0. The summed E-state index contributed by atoms with van der Waals surface area (Å²) in [5.41, 5.74) is 3.56. The Morgan fingerprint density at radius 3 is 2.47 bits per heavy atom. The van der Waals surface area contributed by atoms with Crippen LogP contribution in [0.25, 0.3) is 11.1 Å². The summed E-state index contributed by atoms with van der Waals surface area (Å²) in [5.74, 6) is 0.860. The van der Waals surface area contributed by atoms with E-state index in [9.17, 15) is 0 Å². The highest BCUT2D eigenvalue weighted by molar-refractivity contribution is 6.30. The van der Waals surface area contributed by atoms with E-state index in [2.05, 4.69) is 30.4 Å². The minimum absolute atomic E-state index is 0.756. The molecule has 0 aliphatic carbocycles. The Bertz CT molecular complexity index is 537. The van der Waals surface area contributed by atoms with E-state index in [4.69, 9.17) is 16.3 Å². The first-order valence-corrected chi connectivity index (χ1v) is 6.76. The molecule has 0 radical (unpaired) electrons. The fourth-order valence-corrected chi connectivity index (χ4v) is 2.17. The van der Waals surface area contributed by atoms with Crippen LogP contribution in [-0.4, -0.2) is 13.7 Å². The van der Waals surface area contributed by atoms with Gasteiger partial charge in [-0.15, -0.1) is 0 Å². The van der Waals surface area contributed by atoms with Crippen LogP contribution >= 0.6 is 11.6 Å². The number of halogens is 1. The quantitative estimate of drug-likeness (QED) is 0.886. The van der Waals surface area contributed by atoms with Crippen LogP contribution in [0.3, 0.4) is 0 Å². The number of benzene rings is 2. The Hall–Kier alpha value is -1.51.